The number of rotatable bonds is 6. The molecule has 1 aliphatic carbocycles. The van der Waals surface area contributed by atoms with Crippen LogP contribution < -0.4 is 0 Å². The molecule has 3 heteroatoms. The summed E-state index contributed by atoms with van der Waals surface area (Å²) in [7, 11) is 0. The minimum atomic E-state index is -0.524. The summed E-state index contributed by atoms with van der Waals surface area (Å²) in [6.45, 7) is 6.49. The molecule has 0 saturated heterocycles. The molecule has 0 bridgehead atoms. The first-order valence-corrected chi connectivity index (χ1v) is 12.1. The van der Waals surface area contributed by atoms with E-state index in [0.29, 0.717) is 17.9 Å². The summed E-state index contributed by atoms with van der Waals surface area (Å²) < 4.78 is 21.2. The highest BCUT2D eigenvalue weighted by molar-refractivity contribution is 5.93. The second-order valence-corrected chi connectivity index (χ2v) is 9.55. The Morgan fingerprint density at radius 3 is 2.39 bits per heavy atom. The van der Waals surface area contributed by atoms with Crippen LogP contribution in [0.1, 0.15) is 104 Å². The van der Waals surface area contributed by atoms with Gasteiger partial charge in [0.15, 0.2) is 0 Å². The molecule has 0 N–H and O–H groups in total. The Morgan fingerprint density at radius 2 is 1.74 bits per heavy atom. The third-order valence-electron chi connectivity index (χ3n) is 7.66. The zero-order valence-corrected chi connectivity index (χ0v) is 19.1. The molecule has 2 aromatic carbocycles. The third kappa shape index (κ3) is 4.56. The maximum absolute atomic E-state index is 15.5. The van der Waals surface area contributed by atoms with Crippen LogP contribution in [-0.4, -0.2) is 5.97 Å². The topological polar surface area (TPSA) is 26.3 Å². The molecule has 1 aliphatic heterocycles. The molecule has 0 amide bonds. The van der Waals surface area contributed by atoms with Crippen molar-refractivity contribution in [2.45, 2.75) is 84.2 Å². The number of hydrogen-bond donors (Lipinski definition) is 0. The number of fused-ring (bicyclic) bond motifs is 1. The number of halogens is 1. The van der Waals surface area contributed by atoms with Crippen molar-refractivity contribution >= 4 is 5.97 Å². The fourth-order valence-corrected chi connectivity index (χ4v) is 5.60. The summed E-state index contributed by atoms with van der Waals surface area (Å²) in [5.74, 6) is 0.569. The maximum Gasteiger partial charge on any atom is 0.342 e. The Hall–Kier alpha value is -2.16. The van der Waals surface area contributed by atoms with E-state index >= 15 is 4.39 Å². The molecule has 2 atom stereocenters. The summed E-state index contributed by atoms with van der Waals surface area (Å²) in [5, 5.41) is 0. The Morgan fingerprint density at radius 1 is 1.03 bits per heavy atom. The van der Waals surface area contributed by atoms with E-state index < -0.39 is 5.97 Å². The highest BCUT2D eigenvalue weighted by atomic mass is 19.1. The Bertz CT molecular complexity index is 909. The lowest BCUT2D eigenvalue weighted by molar-refractivity contribution is 0.0245. The zero-order chi connectivity index (χ0) is 22.0. The van der Waals surface area contributed by atoms with Gasteiger partial charge in [-0.25, -0.2) is 9.18 Å². The van der Waals surface area contributed by atoms with Crippen LogP contribution in [0.25, 0.3) is 0 Å². The predicted molar refractivity (Wildman–Crippen MR) is 123 cm³/mol. The number of ether oxygens (including phenoxy) is 1. The lowest BCUT2D eigenvalue weighted by atomic mass is 9.73. The van der Waals surface area contributed by atoms with Crippen LogP contribution in [0, 0.1) is 17.7 Å². The second-order valence-electron chi connectivity index (χ2n) is 9.55. The summed E-state index contributed by atoms with van der Waals surface area (Å²) in [6, 6.07) is 12.1. The van der Waals surface area contributed by atoms with Crippen molar-refractivity contribution in [3.63, 3.8) is 0 Å². The predicted octanol–water partition coefficient (Wildman–Crippen LogP) is 7.55. The molecule has 2 unspecified atom stereocenters. The SMILES string of the molecule is CCCC1CCC(C(C)c2ccc3c(c2F)C(=O)OC(c2ccc(CC)cc2)C3)CC1. The number of carbonyl (C=O) groups is 1. The van der Waals surface area contributed by atoms with Gasteiger partial charge in [0.25, 0.3) is 0 Å². The number of hydrogen-bond acceptors (Lipinski definition) is 2. The maximum atomic E-state index is 15.5. The summed E-state index contributed by atoms with van der Waals surface area (Å²) >= 11 is 0. The van der Waals surface area contributed by atoms with Crippen LogP contribution in [0.15, 0.2) is 36.4 Å². The van der Waals surface area contributed by atoms with Gasteiger partial charge in [0.2, 0.25) is 0 Å². The Labute approximate surface area is 186 Å². The van der Waals surface area contributed by atoms with E-state index in [2.05, 4.69) is 32.9 Å². The lowest BCUT2D eigenvalue weighted by Gasteiger charge is -2.33. The molecule has 166 valence electrons. The molecule has 2 aliphatic rings. The van der Waals surface area contributed by atoms with Gasteiger partial charge in [-0.3, -0.25) is 0 Å². The first-order valence-electron chi connectivity index (χ1n) is 12.1. The molecule has 0 radical (unpaired) electrons. The number of benzene rings is 2. The number of esters is 1. The molecule has 2 nitrogen and oxygen atoms in total. The van der Waals surface area contributed by atoms with Crippen LogP contribution in [-0.2, 0) is 17.6 Å². The van der Waals surface area contributed by atoms with Gasteiger partial charge in [0, 0.05) is 6.42 Å². The fraction of sp³-hybridized carbons (Fsp3) is 0.536. The molecule has 0 aromatic heterocycles. The molecular formula is C28H35FO2. The molecule has 2 aromatic rings. The highest BCUT2D eigenvalue weighted by Crippen LogP contribution is 2.42. The van der Waals surface area contributed by atoms with Crippen LogP contribution in [0.2, 0.25) is 0 Å². The van der Waals surface area contributed by atoms with Crippen LogP contribution in [0.4, 0.5) is 4.39 Å². The average Bonchev–Trinajstić information content (AvgIpc) is 2.79. The van der Waals surface area contributed by atoms with E-state index in [4.69, 9.17) is 4.74 Å². The number of aryl methyl sites for hydroxylation is 1. The first-order chi connectivity index (χ1) is 15.0. The van der Waals surface area contributed by atoms with Crippen molar-refractivity contribution in [3.8, 4) is 0 Å². The second kappa shape index (κ2) is 9.54. The number of cyclic esters (lactones) is 1. The minimum Gasteiger partial charge on any atom is -0.453 e. The van der Waals surface area contributed by atoms with Crippen molar-refractivity contribution < 1.29 is 13.9 Å². The normalized spacial score (nSPS) is 24.4. The fourth-order valence-electron chi connectivity index (χ4n) is 5.60. The lowest BCUT2D eigenvalue weighted by Crippen LogP contribution is -2.25. The van der Waals surface area contributed by atoms with Crippen molar-refractivity contribution in [2.75, 3.05) is 0 Å². The molecule has 1 saturated carbocycles. The third-order valence-corrected chi connectivity index (χ3v) is 7.66. The van der Waals surface area contributed by atoms with Crippen molar-refractivity contribution in [2.24, 2.45) is 11.8 Å². The van der Waals surface area contributed by atoms with Crippen LogP contribution in [0.3, 0.4) is 0 Å². The summed E-state index contributed by atoms with van der Waals surface area (Å²) in [4.78, 5) is 12.8. The van der Waals surface area contributed by atoms with E-state index in [9.17, 15) is 4.79 Å². The van der Waals surface area contributed by atoms with Gasteiger partial charge in [0.05, 0.1) is 5.56 Å². The summed E-state index contributed by atoms with van der Waals surface area (Å²) in [6.07, 6.45) is 8.51. The zero-order valence-electron chi connectivity index (χ0n) is 19.1. The van der Waals surface area contributed by atoms with Crippen LogP contribution in [0.5, 0.6) is 0 Å². The highest BCUT2D eigenvalue weighted by Gasteiger charge is 2.34. The van der Waals surface area contributed by atoms with E-state index in [1.54, 1.807) is 0 Å². The van der Waals surface area contributed by atoms with Gasteiger partial charge in [-0.2, -0.15) is 0 Å². The van der Waals surface area contributed by atoms with Gasteiger partial charge in [-0.05, 0) is 59.3 Å². The molecule has 1 heterocycles. The monoisotopic (exact) mass is 422 g/mol. The number of carbonyl (C=O) groups excluding carboxylic acids is 1. The quantitative estimate of drug-likeness (QED) is 0.449. The van der Waals surface area contributed by atoms with Gasteiger partial charge in [0.1, 0.15) is 11.9 Å². The van der Waals surface area contributed by atoms with Crippen molar-refractivity contribution in [1.29, 1.82) is 0 Å². The van der Waals surface area contributed by atoms with E-state index in [1.165, 1.54) is 31.2 Å². The largest absolute Gasteiger partial charge is 0.453 e. The molecule has 4 rings (SSSR count). The standard InChI is InChI=1S/C28H35FO2/c1-4-6-20-9-11-21(12-10-20)18(3)24-16-15-23-17-25(31-28(30)26(23)27(24)29)22-13-7-19(5-2)8-14-22/h7-8,13-16,18,20-21,25H,4-6,9-12,17H2,1-3H3. The van der Waals surface area contributed by atoms with Crippen LogP contribution >= 0.6 is 0 Å². The molecule has 0 spiro atoms. The van der Waals surface area contributed by atoms with E-state index in [0.717, 1.165) is 36.3 Å². The van der Waals surface area contributed by atoms with E-state index in [-0.39, 0.29) is 23.4 Å². The van der Waals surface area contributed by atoms with Crippen molar-refractivity contribution in [1.82, 2.24) is 0 Å². The minimum absolute atomic E-state index is 0.125. The van der Waals surface area contributed by atoms with Gasteiger partial charge >= 0.3 is 5.97 Å². The van der Waals surface area contributed by atoms with Gasteiger partial charge in [-0.15, -0.1) is 0 Å². The van der Waals surface area contributed by atoms with Gasteiger partial charge < -0.3 is 4.74 Å². The summed E-state index contributed by atoms with van der Waals surface area (Å²) in [5.41, 5.74) is 3.82. The van der Waals surface area contributed by atoms with Gasteiger partial charge in [-0.1, -0.05) is 82.9 Å². The Kier molecular flexibility index (Phi) is 6.79. The smallest absolute Gasteiger partial charge is 0.342 e. The molecular weight excluding hydrogens is 387 g/mol. The molecule has 31 heavy (non-hydrogen) atoms. The average molecular weight is 423 g/mol. The van der Waals surface area contributed by atoms with E-state index in [1.807, 2.05) is 24.3 Å². The first kappa shape index (κ1) is 22.0. The Balaban J connectivity index is 1.52. The molecule has 1 fully saturated rings. The van der Waals surface area contributed by atoms with Crippen molar-refractivity contribution in [3.05, 3.63) is 70.0 Å².